The number of likely N-dealkylation sites (N-methyl/N-ethyl adjacent to an activating group) is 1. The van der Waals surface area contributed by atoms with Crippen molar-refractivity contribution in [2.75, 3.05) is 25.4 Å². The zero-order valence-electron chi connectivity index (χ0n) is 16.8. The van der Waals surface area contributed by atoms with Gasteiger partial charge in [0.2, 0.25) is 21.1 Å². The summed E-state index contributed by atoms with van der Waals surface area (Å²) < 4.78 is 27.4. The average molecular weight is 524 g/mol. The molecule has 3 rings (SSSR count). The van der Waals surface area contributed by atoms with Gasteiger partial charge in [0.15, 0.2) is 5.82 Å². The number of nitrogens with one attached hydrogen (secondary N) is 2. The van der Waals surface area contributed by atoms with Crippen LogP contribution < -0.4 is 5.32 Å². The van der Waals surface area contributed by atoms with Gasteiger partial charge in [-0.3, -0.25) is 9.89 Å². The van der Waals surface area contributed by atoms with Crippen molar-refractivity contribution in [1.29, 1.82) is 0 Å². The topological polar surface area (TPSA) is 108 Å². The van der Waals surface area contributed by atoms with Gasteiger partial charge in [-0.1, -0.05) is 64.9 Å². The van der Waals surface area contributed by atoms with Crippen molar-refractivity contribution in [3.63, 3.8) is 0 Å². The number of nitrogens with zero attached hydrogens (tertiary/aromatic N) is 3. The molecule has 1 amide bonds. The van der Waals surface area contributed by atoms with Crippen LogP contribution in [0, 0.1) is 0 Å². The number of aromatic nitrogens is 3. The monoisotopic (exact) mass is 523 g/mol. The molecule has 0 spiro atoms. The average Bonchev–Trinajstić information content (AvgIpc) is 3.25. The predicted molar refractivity (Wildman–Crippen MR) is 124 cm³/mol. The lowest BCUT2D eigenvalue weighted by atomic mass is 10.2. The number of hydrogen-bond donors (Lipinski definition) is 2. The summed E-state index contributed by atoms with van der Waals surface area (Å²) in [5, 5.41) is 10.4. The zero-order valence-corrected chi connectivity index (χ0v) is 20.0. The van der Waals surface area contributed by atoms with Crippen molar-refractivity contribution in [3.8, 4) is 11.4 Å². The van der Waals surface area contributed by atoms with Crippen molar-refractivity contribution in [2.45, 2.75) is 17.0 Å². The summed E-state index contributed by atoms with van der Waals surface area (Å²) in [6.07, 6.45) is 0. The van der Waals surface area contributed by atoms with Crippen molar-refractivity contribution in [3.05, 3.63) is 59.1 Å². The minimum absolute atomic E-state index is 0.153. The molecule has 0 aliphatic heterocycles. The van der Waals surface area contributed by atoms with Crippen molar-refractivity contribution < 1.29 is 13.2 Å². The van der Waals surface area contributed by atoms with Crippen LogP contribution in [0.1, 0.15) is 6.92 Å². The van der Waals surface area contributed by atoms with E-state index in [1.165, 1.54) is 23.9 Å². The summed E-state index contributed by atoms with van der Waals surface area (Å²) in [6.45, 7) is 2.03. The minimum atomic E-state index is -3.74. The fourth-order valence-corrected chi connectivity index (χ4v) is 5.03. The molecule has 0 atom stereocenters. The first-order chi connectivity index (χ1) is 14.9. The Labute approximate surface area is 194 Å². The van der Waals surface area contributed by atoms with Crippen LogP contribution in [-0.4, -0.2) is 59.2 Å². The van der Waals surface area contributed by atoms with E-state index in [2.05, 4.69) is 36.4 Å². The SMILES string of the molecule is CCN(CC(=O)NCCSc1n[nH]c(-c2ccccc2)n1)S(=O)(=O)c1ccc(Br)cc1. The third-order valence-electron chi connectivity index (χ3n) is 4.29. The quantitative estimate of drug-likeness (QED) is 0.312. The molecule has 0 bridgehead atoms. The van der Waals surface area contributed by atoms with E-state index in [0.717, 1.165) is 14.3 Å². The summed E-state index contributed by atoms with van der Waals surface area (Å²) in [7, 11) is -3.74. The molecule has 0 aliphatic carbocycles. The maximum absolute atomic E-state index is 12.8. The molecule has 31 heavy (non-hydrogen) atoms. The number of carbonyl (C=O) groups is 1. The zero-order chi connectivity index (χ0) is 22.3. The van der Waals surface area contributed by atoms with Crippen LogP contribution in [0.25, 0.3) is 11.4 Å². The second-order valence-corrected chi connectivity index (χ2v) is 10.3. The molecule has 0 fully saturated rings. The Morgan fingerprint density at radius 1 is 1.16 bits per heavy atom. The number of hydrogen-bond acceptors (Lipinski definition) is 6. The molecule has 8 nitrogen and oxygen atoms in total. The Hall–Kier alpha value is -2.21. The van der Waals surface area contributed by atoms with E-state index in [0.29, 0.717) is 23.3 Å². The Balaban J connectivity index is 1.47. The molecule has 0 radical (unpaired) electrons. The molecule has 2 N–H and O–H groups in total. The van der Waals surface area contributed by atoms with Crippen LogP contribution in [0.3, 0.4) is 0 Å². The van der Waals surface area contributed by atoms with E-state index in [-0.39, 0.29) is 23.9 Å². The Morgan fingerprint density at radius 2 is 1.87 bits per heavy atom. The van der Waals surface area contributed by atoms with Crippen LogP contribution in [0.15, 0.2) is 69.1 Å². The highest BCUT2D eigenvalue weighted by Gasteiger charge is 2.25. The van der Waals surface area contributed by atoms with Gasteiger partial charge >= 0.3 is 0 Å². The first-order valence-corrected chi connectivity index (χ1v) is 12.7. The predicted octanol–water partition coefficient (Wildman–Crippen LogP) is 3.15. The van der Waals surface area contributed by atoms with Gasteiger partial charge in [-0.15, -0.1) is 5.10 Å². The highest BCUT2D eigenvalue weighted by molar-refractivity contribution is 9.10. The van der Waals surface area contributed by atoms with Gasteiger partial charge in [0.1, 0.15) is 0 Å². The second kappa shape index (κ2) is 10.9. The van der Waals surface area contributed by atoms with Crippen molar-refractivity contribution in [2.24, 2.45) is 0 Å². The van der Waals surface area contributed by atoms with Crippen LogP contribution in [0.2, 0.25) is 0 Å². The molecule has 3 aromatic rings. The van der Waals surface area contributed by atoms with Crippen molar-refractivity contribution >= 4 is 43.6 Å². The first kappa shape index (κ1) is 23.5. The van der Waals surface area contributed by atoms with E-state index >= 15 is 0 Å². The number of halogens is 1. The number of rotatable bonds is 10. The second-order valence-electron chi connectivity index (χ2n) is 6.42. The molecule has 0 saturated heterocycles. The van der Waals surface area contributed by atoms with Crippen LogP contribution in [0.5, 0.6) is 0 Å². The molecule has 1 heterocycles. The van der Waals surface area contributed by atoms with E-state index in [1.54, 1.807) is 19.1 Å². The lowest BCUT2D eigenvalue weighted by Crippen LogP contribution is -2.41. The summed E-state index contributed by atoms with van der Waals surface area (Å²) in [4.78, 5) is 16.8. The molecule has 0 aliphatic rings. The largest absolute Gasteiger partial charge is 0.354 e. The normalized spacial score (nSPS) is 11.6. The van der Waals surface area contributed by atoms with E-state index in [1.807, 2.05) is 30.3 Å². The summed E-state index contributed by atoms with van der Waals surface area (Å²) in [5.41, 5.74) is 0.946. The van der Waals surface area contributed by atoms with E-state index in [4.69, 9.17) is 0 Å². The third kappa shape index (κ3) is 6.39. The number of benzene rings is 2. The molecule has 164 valence electrons. The summed E-state index contributed by atoms with van der Waals surface area (Å²) in [5.74, 6) is 0.885. The fourth-order valence-electron chi connectivity index (χ4n) is 2.71. The van der Waals surface area contributed by atoms with Gasteiger partial charge in [-0.2, -0.15) is 4.31 Å². The molecule has 1 aromatic heterocycles. The van der Waals surface area contributed by atoms with Crippen LogP contribution in [0.4, 0.5) is 0 Å². The highest BCUT2D eigenvalue weighted by Crippen LogP contribution is 2.19. The van der Waals surface area contributed by atoms with Gasteiger partial charge in [0.25, 0.3) is 0 Å². The smallest absolute Gasteiger partial charge is 0.243 e. The molecular formula is C20H22BrN5O3S2. The lowest BCUT2D eigenvalue weighted by molar-refractivity contribution is -0.121. The first-order valence-electron chi connectivity index (χ1n) is 9.53. The van der Waals surface area contributed by atoms with Gasteiger partial charge in [-0.25, -0.2) is 13.4 Å². The van der Waals surface area contributed by atoms with Gasteiger partial charge in [-0.05, 0) is 24.3 Å². The molecule has 0 saturated carbocycles. The maximum Gasteiger partial charge on any atom is 0.243 e. The molecule has 0 unspecified atom stereocenters. The van der Waals surface area contributed by atoms with Crippen molar-refractivity contribution in [1.82, 2.24) is 24.8 Å². The lowest BCUT2D eigenvalue weighted by Gasteiger charge is -2.20. The molecular weight excluding hydrogens is 502 g/mol. The fraction of sp³-hybridized carbons (Fsp3) is 0.250. The minimum Gasteiger partial charge on any atom is -0.354 e. The Morgan fingerprint density at radius 3 is 2.55 bits per heavy atom. The number of carbonyl (C=O) groups excluding carboxylic acids is 1. The van der Waals surface area contributed by atoms with Crippen LogP contribution >= 0.6 is 27.7 Å². The number of amides is 1. The Bertz CT molecular complexity index is 1110. The molecule has 2 aromatic carbocycles. The number of H-pyrrole nitrogens is 1. The van der Waals surface area contributed by atoms with Gasteiger partial charge in [0.05, 0.1) is 11.4 Å². The van der Waals surface area contributed by atoms with E-state index in [9.17, 15) is 13.2 Å². The number of thioether (sulfide) groups is 1. The van der Waals surface area contributed by atoms with E-state index < -0.39 is 10.0 Å². The highest BCUT2D eigenvalue weighted by atomic mass is 79.9. The Kier molecular flexibility index (Phi) is 8.24. The third-order valence-corrected chi connectivity index (χ3v) is 7.60. The summed E-state index contributed by atoms with van der Waals surface area (Å²) >= 11 is 4.69. The standard InChI is InChI=1S/C20H22BrN5O3S2/c1-2-26(31(28,29)17-10-8-16(21)9-11-17)14-18(27)22-12-13-30-20-23-19(24-25-20)15-6-4-3-5-7-15/h3-11H,2,12-14H2,1H3,(H,22,27)(H,23,24,25). The number of sulfonamides is 1. The summed E-state index contributed by atoms with van der Waals surface area (Å²) in [6, 6.07) is 16.0. The van der Waals surface area contributed by atoms with Gasteiger partial charge < -0.3 is 5.32 Å². The molecule has 11 heteroatoms. The van der Waals surface area contributed by atoms with Crippen LogP contribution in [-0.2, 0) is 14.8 Å². The van der Waals surface area contributed by atoms with Gasteiger partial charge in [0, 0.05) is 28.9 Å². The maximum atomic E-state index is 12.8. The number of aromatic amines is 1.